The largest absolute Gasteiger partial charge is 0.393 e. The summed E-state index contributed by atoms with van der Waals surface area (Å²) in [6.45, 7) is 10.0. The molecule has 286 valence electrons. The number of hydrogen-bond donors (Lipinski definition) is 2. The maximum Gasteiger partial charge on any atom is 0.139 e. The van der Waals surface area contributed by atoms with E-state index in [2.05, 4.69) is 74.4 Å². The molecule has 52 heavy (non-hydrogen) atoms. The van der Waals surface area contributed by atoms with E-state index in [9.17, 15) is 9.90 Å². The molecule has 0 aromatic rings. The van der Waals surface area contributed by atoms with Crippen molar-refractivity contribution in [3.63, 3.8) is 0 Å². The van der Waals surface area contributed by atoms with Gasteiger partial charge in [0.05, 0.1) is 28.5 Å². The molecule has 10 rings (SSSR count). The van der Waals surface area contributed by atoms with Crippen molar-refractivity contribution < 1.29 is 19.4 Å². The summed E-state index contributed by atoms with van der Waals surface area (Å²) in [5.41, 5.74) is 13.8. The summed E-state index contributed by atoms with van der Waals surface area (Å²) in [6.07, 6.45) is 23.6. The van der Waals surface area contributed by atoms with Crippen LogP contribution in [-0.2, 0) is 14.3 Å². The summed E-state index contributed by atoms with van der Waals surface area (Å²) in [5.74, 6) is 2.79. The zero-order valence-electron chi connectivity index (χ0n) is 31.0. The van der Waals surface area contributed by atoms with Gasteiger partial charge in [0.2, 0.25) is 0 Å². The zero-order valence-corrected chi connectivity index (χ0v) is 31.0. The van der Waals surface area contributed by atoms with Gasteiger partial charge in [-0.05, 0) is 154 Å². The van der Waals surface area contributed by atoms with Gasteiger partial charge in [-0.3, -0.25) is 4.79 Å². The quantitative estimate of drug-likeness (QED) is 0.172. The first-order valence-electron chi connectivity index (χ1n) is 20.0. The number of Topliss-reactive ketones (excluding diaryl/α,β-unsaturated/α-hetero) is 1. The SMILES string of the molecule is C.C.CNC[C@H]1C[C@@]23CC[C@@]4(O2)C(=CC3=C[C@@H]1C)CC[C@]1(C)C(=O)CC[C@H]14.C[C@H]1C=C2C=C3CC[C@@]4(C)[C@@H](CC[C@@H]4O)[C@@]34CC[C@]2(C[C@@H]1N=[N+]=[N-])O4. The Morgan fingerprint density at radius 3 is 2.12 bits per heavy atom. The Hall–Kier alpha value is -2.22. The van der Waals surface area contributed by atoms with E-state index in [-0.39, 0.29) is 66.2 Å². The molecular formula is C44H66N4O4. The third-order valence-electron chi connectivity index (χ3n) is 16.7. The van der Waals surface area contributed by atoms with Gasteiger partial charge in [0.15, 0.2) is 0 Å². The van der Waals surface area contributed by atoms with E-state index in [4.69, 9.17) is 15.0 Å². The Morgan fingerprint density at radius 2 is 1.46 bits per heavy atom. The second kappa shape index (κ2) is 12.7. The lowest BCUT2D eigenvalue weighted by molar-refractivity contribution is -0.153. The number of hydrogen-bond acceptors (Lipinski definition) is 6. The molecule has 0 radical (unpaired) electrons. The molecule has 4 bridgehead atoms. The number of nitrogens with zero attached hydrogens (tertiary/aromatic N) is 3. The van der Waals surface area contributed by atoms with Crippen LogP contribution >= 0.6 is 0 Å². The van der Waals surface area contributed by atoms with Crippen LogP contribution in [0.25, 0.3) is 10.4 Å². The van der Waals surface area contributed by atoms with Gasteiger partial charge < -0.3 is 19.9 Å². The zero-order chi connectivity index (χ0) is 34.9. The first-order chi connectivity index (χ1) is 23.9. The number of ether oxygens (including phenoxy) is 2. The number of ketones is 1. The molecule has 0 unspecified atom stereocenters. The molecule has 0 amide bonds. The predicted octanol–water partition coefficient (Wildman–Crippen LogP) is 9.50. The fraction of sp³-hybridized carbons (Fsp3) is 0.795. The third-order valence-corrected chi connectivity index (χ3v) is 16.7. The van der Waals surface area contributed by atoms with Crippen LogP contribution in [0.3, 0.4) is 0 Å². The van der Waals surface area contributed by atoms with E-state index in [1.807, 2.05) is 0 Å². The highest BCUT2D eigenvalue weighted by Gasteiger charge is 2.69. The normalized spacial score (nSPS) is 49.9. The summed E-state index contributed by atoms with van der Waals surface area (Å²) in [5, 5.41) is 18.1. The molecule has 13 atom stereocenters. The summed E-state index contributed by atoms with van der Waals surface area (Å²) in [4.78, 5) is 15.7. The minimum Gasteiger partial charge on any atom is -0.393 e. The van der Waals surface area contributed by atoms with Crippen molar-refractivity contribution in [2.24, 2.45) is 45.5 Å². The minimum atomic E-state index is -0.277. The smallest absolute Gasteiger partial charge is 0.139 e. The third kappa shape index (κ3) is 4.92. The van der Waals surface area contributed by atoms with Gasteiger partial charge in [0.1, 0.15) is 5.78 Å². The summed E-state index contributed by atoms with van der Waals surface area (Å²) >= 11 is 0. The van der Waals surface area contributed by atoms with E-state index >= 15 is 0 Å². The number of fused-ring (bicyclic) bond motifs is 2. The van der Waals surface area contributed by atoms with Crippen LogP contribution in [0.4, 0.5) is 0 Å². The Balaban J connectivity index is 0.000000156. The molecule has 6 aliphatic carbocycles. The molecule has 0 aromatic heterocycles. The second-order valence-electron chi connectivity index (χ2n) is 18.9. The van der Waals surface area contributed by atoms with Crippen molar-refractivity contribution in [3.05, 3.63) is 57.0 Å². The first kappa shape index (κ1) is 38.1. The molecule has 8 heteroatoms. The number of aliphatic hydroxyl groups is 1. The van der Waals surface area contributed by atoms with Crippen molar-refractivity contribution in [2.45, 2.75) is 167 Å². The number of rotatable bonds is 3. The predicted molar refractivity (Wildman–Crippen MR) is 206 cm³/mol. The molecule has 6 fully saturated rings. The van der Waals surface area contributed by atoms with Gasteiger partial charge in [-0.2, -0.15) is 0 Å². The summed E-state index contributed by atoms with van der Waals surface area (Å²) in [6, 6.07) is -0.0250. The standard InChI is InChI=1S/C22H31NO2.C20H27N3O2.2CH4/c1-14-10-17-11-16-6-7-20(2)18(4-5-19(20)24)22(16)9-8-21(17,25-22)12-15(14)13-23-3;1-12-9-14-10-13-5-6-18(2)16(3-4-17(18)24)20(13)8-7-19(14,25-20)11-15(12)22-23-21;;/h10-11,14-15,18,23H,4-9,12-13H2,1-3H3;9-10,12,15-17,24H,3-8,11H2,1-2H3;2*1H4/t14-,15+,18+,20-,21+,22+;12-,15-,16+,17-,18-,19+,20+;;/m00../s1. The van der Waals surface area contributed by atoms with Gasteiger partial charge in [-0.1, -0.05) is 72.0 Å². The summed E-state index contributed by atoms with van der Waals surface area (Å²) < 4.78 is 14.1. The number of nitrogens with one attached hydrogen (secondary N) is 1. The van der Waals surface area contributed by atoms with E-state index in [1.54, 1.807) is 0 Å². The molecule has 4 heterocycles. The molecule has 0 aromatic carbocycles. The van der Waals surface area contributed by atoms with E-state index in [0.717, 1.165) is 96.4 Å². The van der Waals surface area contributed by atoms with E-state index in [0.29, 0.717) is 29.5 Å². The maximum atomic E-state index is 12.6. The molecule has 4 aliphatic heterocycles. The highest BCUT2D eigenvalue weighted by atomic mass is 16.5. The first-order valence-corrected chi connectivity index (χ1v) is 20.0. The topological polar surface area (TPSA) is 117 Å². The molecule has 10 aliphatic rings. The summed E-state index contributed by atoms with van der Waals surface area (Å²) in [7, 11) is 2.05. The van der Waals surface area contributed by atoms with Crippen molar-refractivity contribution in [1.29, 1.82) is 0 Å². The number of allylic oxidation sites excluding steroid dienone is 1. The highest BCUT2D eigenvalue weighted by molar-refractivity contribution is 5.87. The lowest BCUT2D eigenvalue weighted by Crippen LogP contribution is -2.56. The lowest BCUT2D eigenvalue weighted by atomic mass is 9.58. The molecule has 2 N–H and O–H groups in total. The fourth-order valence-electron chi connectivity index (χ4n) is 13.8. The minimum absolute atomic E-state index is 0. The Bertz CT molecular complexity index is 1680. The second-order valence-corrected chi connectivity index (χ2v) is 18.9. The van der Waals surface area contributed by atoms with Crippen LogP contribution in [0, 0.1) is 40.4 Å². The molecule has 8 nitrogen and oxygen atoms in total. The van der Waals surface area contributed by atoms with Crippen molar-refractivity contribution in [3.8, 4) is 0 Å². The Morgan fingerprint density at radius 1 is 0.846 bits per heavy atom. The van der Waals surface area contributed by atoms with Crippen LogP contribution in [-0.4, -0.2) is 59.0 Å². The van der Waals surface area contributed by atoms with Gasteiger partial charge in [-0.15, -0.1) is 0 Å². The van der Waals surface area contributed by atoms with Gasteiger partial charge >= 0.3 is 0 Å². The van der Waals surface area contributed by atoms with Crippen LogP contribution in [0.2, 0.25) is 0 Å². The van der Waals surface area contributed by atoms with Gasteiger partial charge in [0, 0.05) is 28.7 Å². The molecule has 4 saturated carbocycles. The van der Waals surface area contributed by atoms with E-state index < -0.39 is 0 Å². The van der Waals surface area contributed by atoms with Crippen molar-refractivity contribution in [2.75, 3.05) is 13.6 Å². The van der Waals surface area contributed by atoms with Crippen molar-refractivity contribution >= 4 is 5.78 Å². The van der Waals surface area contributed by atoms with Gasteiger partial charge in [0.25, 0.3) is 0 Å². The molecule has 2 saturated heterocycles. The van der Waals surface area contributed by atoms with Crippen molar-refractivity contribution in [1.82, 2.24) is 5.32 Å². The average molecular weight is 715 g/mol. The number of aliphatic hydroxyl groups excluding tert-OH is 1. The van der Waals surface area contributed by atoms with Crippen LogP contribution < -0.4 is 5.32 Å². The van der Waals surface area contributed by atoms with Crippen LogP contribution in [0.15, 0.2) is 51.7 Å². The monoisotopic (exact) mass is 715 g/mol. The van der Waals surface area contributed by atoms with Crippen LogP contribution in [0.5, 0.6) is 0 Å². The fourth-order valence-corrected chi connectivity index (χ4v) is 13.8. The molecule has 4 spiro atoms. The van der Waals surface area contributed by atoms with Crippen LogP contribution in [0.1, 0.15) is 132 Å². The molecular weight excluding hydrogens is 649 g/mol. The lowest BCUT2D eigenvalue weighted by Gasteiger charge is -2.55. The average Bonchev–Trinajstić information content (AvgIpc) is 3.78. The number of carbonyl (C=O) groups is 1. The Kier molecular flexibility index (Phi) is 9.27. The highest BCUT2D eigenvalue weighted by Crippen LogP contribution is 2.69. The Labute approximate surface area is 312 Å². The number of azide groups is 1. The van der Waals surface area contributed by atoms with Gasteiger partial charge in [-0.25, -0.2) is 0 Å². The number of carbonyl (C=O) groups excluding carboxylic acids is 1. The van der Waals surface area contributed by atoms with E-state index in [1.165, 1.54) is 22.3 Å². The maximum absolute atomic E-state index is 12.6.